The van der Waals surface area contributed by atoms with E-state index in [-0.39, 0.29) is 30.2 Å². The standard InChI is InChI=1S/C22H26N2O4/c1-22(2,3)19(25)18-17-16(20(26)23(21(17)27)11-12-28-4)15-10-9-13-7-5-6-8-14(13)24(15)18/h5-10,15-18H,11-12H2,1-4H3/t15-,16+,17-,18-/m1/s1. The number of para-hydroxylation sites is 1. The minimum atomic E-state index is -0.656. The quantitative estimate of drug-likeness (QED) is 0.747. The number of amides is 2. The molecule has 0 unspecified atom stereocenters. The molecule has 0 N–H and O–H groups in total. The average molecular weight is 382 g/mol. The Morgan fingerprint density at radius 3 is 2.46 bits per heavy atom. The van der Waals surface area contributed by atoms with E-state index in [0.717, 1.165) is 11.3 Å². The first-order valence-electron chi connectivity index (χ1n) is 9.71. The number of Topliss-reactive ketones (excluding diaryl/α,β-unsaturated/α-hetero) is 1. The lowest BCUT2D eigenvalue weighted by Gasteiger charge is -2.38. The molecule has 1 aromatic rings. The van der Waals surface area contributed by atoms with E-state index in [1.165, 1.54) is 4.90 Å². The van der Waals surface area contributed by atoms with Crippen LogP contribution in [0.15, 0.2) is 30.3 Å². The highest BCUT2D eigenvalue weighted by atomic mass is 16.5. The summed E-state index contributed by atoms with van der Waals surface area (Å²) in [7, 11) is 1.54. The maximum absolute atomic E-state index is 13.5. The Hall–Kier alpha value is -2.47. The van der Waals surface area contributed by atoms with Gasteiger partial charge in [0.05, 0.1) is 31.0 Å². The summed E-state index contributed by atoms with van der Waals surface area (Å²) < 4.78 is 5.07. The van der Waals surface area contributed by atoms with Gasteiger partial charge in [-0.25, -0.2) is 0 Å². The Bertz CT molecular complexity index is 870. The molecule has 4 atom stereocenters. The molecule has 28 heavy (non-hydrogen) atoms. The minimum absolute atomic E-state index is 0.00940. The summed E-state index contributed by atoms with van der Waals surface area (Å²) in [5, 5.41) is 0. The number of hydrogen-bond acceptors (Lipinski definition) is 5. The molecular formula is C22H26N2O4. The molecule has 2 saturated heterocycles. The number of fused-ring (bicyclic) bond motifs is 5. The molecule has 3 heterocycles. The molecule has 0 aliphatic carbocycles. The third kappa shape index (κ3) is 2.62. The minimum Gasteiger partial charge on any atom is -0.383 e. The van der Waals surface area contributed by atoms with Gasteiger partial charge in [0.25, 0.3) is 0 Å². The Morgan fingerprint density at radius 2 is 1.79 bits per heavy atom. The highest BCUT2D eigenvalue weighted by Gasteiger charge is 2.64. The van der Waals surface area contributed by atoms with Crippen LogP contribution in [0.5, 0.6) is 0 Å². The van der Waals surface area contributed by atoms with Crippen LogP contribution in [-0.2, 0) is 19.1 Å². The van der Waals surface area contributed by atoms with Gasteiger partial charge in [0.15, 0.2) is 5.78 Å². The summed E-state index contributed by atoms with van der Waals surface area (Å²) in [4.78, 5) is 43.2. The van der Waals surface area contributed by atoms with Gasteiger partial charge in [0.2, 0.25) is 11.8 Å². The first-order valence-corrected chi connectivity index (χ1v) is 9.71. The maximum atomic E-state index is 13.5. The number of methoxy groups -OCH3 is 1. The number of likely N-dealkylation sites (tertiary alicyclic amines) is 1. The van der Waals surface area contributed by atoms with Gasteiger partial charge in [-0.3, -0.25) is 19.3 Å². The molecule has 2 fully saturated rings. The molecule has 0 aromatic heterocycles. The summed E-state index contributed by atoms with van der Waals surface area (Å²) in [6, 6.07) is 6.89. The second-order valence-electron chi connectivity index (χ2n) is 8.75. The molecule has 0 saturated carbocycles. The summed E-state index contributed by atoms with van der Waals surface area (Å²) in [6.07, 6.45) is 3.97. The van der Waals surface area contributed by atoms with Crippen LogP contribution in [0.3, 0.4) is 0 Å². The van der Waals surface area contributed by atoms with Crippen molar-refractivity contribution in [1.29, 1.82) is 0 Å². The number of ether oxygens (including phenoxy) is 1. The molecule has 3 aliphatic rings. The molecule has 0 radical (unpaired) electrons. The van der Waals surface area contributed by atoms with Crippen molar-refractivity contribution in [2.45, 2.75) is 32.9 Å². The Kier molecular flexibility index (Phi) is 4.42. The van der Waals surface area contributed by atoms with Gasteiger partial charge in [-0.2, -0.15) is 0 Å². The Balaban J connectivity index is 1.82. The molecule has 1 aromatic carbocycles. The SMILES string of the molecule is COCCN1C(=O)[C@@H]2[C@@H](C1=O)[C@H](C(=O)C(C)(C)C)N1c3ccccc3C=C[C@H]21. The fourth-order valence-electron chi connectivity index (χ4n) is 4.72. The highest BCUT2D eigenvalue weighted by molar-refractivity contribution is 6.11. The zero-order valence-electron chi connectivity index (χ0n) is 16.7. The maximum Gasteiger partial charge on any atom is 0.235 e. The van der Waals surface area contributed by atoms with E-state index in [0.29, 0.717) is 6.61 Å². The van der Waals surface area contributed by atoms with Crippen LogP contribution >= 0.6 is 0 Å². The third-order valence-electron chi connectivity index (χ3n) is 6.03. The molecule has 6 nitrogen and oxygen atoms in total. The average Bonchev–Trinajstić information content (AvgIpc) is 3.12. The second kappa shape index (κ2) is 6.55. The Labute approximate surface area is 165 Å². The highest BCUT2D eigenvalue weighted by Crippen LogP contribution is 2.49. The van der Waals surface area contributed by atoms with Crippen LogP contribution in [0.4, 0.5) is 5.69 Å². The summed E-state index contributed by atoms with van der Waals surface area (Å²) >= 11 is 0. The van der Waals surface area contributed by atoms with Crippen molar-refractivity contribution in [3.05, 3.63) is 35.9 Å². The smallest absolute Gasteiger partial charge is 0.235 e. The fourth-order valence-corrected chi connectivity index (χ4v) is 4.72. The number of carbonyl (C=O) groups is 3. The van der Waals surface area contributed by atoms with Gasteiger partial charge in [0.1, 0.15) is 6.04 Å². The van der Waals surface area contributed by atoms with E-state index in [2.05, 4.69) is 0 Å². The van der Waals surface area contributed by atoms with Crippen LogP contribution in [0.2, 0.25) is 0 Å². The van der Waals surface area contributed by atoms with E-state index < -0.39 is 23.3 Å². The van der Waals surface area contributed by atoms with Crippen molar-refractivity contribution in [3.8, 4) is 0 Å². The molecule has 2 amide bonds. The number of ketones is 1. The summed E-state index contributed by atoms with van der Waals surface area (Å²) in [5.41, 5.74) is 1.29. The largest absolute Gasteiger partial charge is 0.383 e. The van der Waals surface area contributed by atoms with E-state index in [1.54, 1.807) is 7.11 Å². The normalized spacial score (nSPS) is 28.4. The van der Waals surface area contributed by atoms with Crippen LogP contribution < -0.4 is 4.90 Å². The lowest BCUT2D eigenvalue weighted by molar-refractivity contribution is -0.142. The lowest BCUT2D eigenvalue weighted by atomic mass is 9.79. The van der Waals surface area contributed by atoms with E-state index in [1.807, 2.05) is 62.1 Å². The molecular weight excluding hydrogens is 356 g/mol. The number of imide groups is 1. The number of benzene rings is 1. The molecule has 6 heteroatoms. The Morgan fingerprint density at radius 1 is 1.11 bits per heavy atom. The van der Waals surface area contributed by atoms with Gasteiger partial charge in [-0.15, -0.1) is 0 Å². The van der Waals surface area contributed by atoms with Crippen LogP contribution in [0.1, 0.15) is 26.3 Å². The first kappa shape index (κ1) is 18.9. The van der Waals surface area contributed by atoms with Crippen molar-refractivity contribution in [2.24, 2.45) is 17.3 Å². The van der Waals surface area contributed by atoms with Crippen molar-refractivity contribution < 1.29 is 19.1 Å². The molecule has 148 valence electrons. The van der Waals surface area contributed by atoms with Crippen molar-refractivity contribution in [1.82, 2.24) is 4.90 Å². The number of nitrogens with zero attached hydrogens (tertiary/aromatic N) is 2. The molecule has 3 aliphatic heterocycles. The third-order valence-corrected chi connectivity index (χ3v) is 6.03. The zero-order chi connectivity index (χ0) is 20.2. The van der Waals surface area contributed by atoms with Crippen LogP contribution in [0.25, 0.3) is 6.08 Å². The number of carbonyl (C=O) groups excluding carboxylic acids is 3. The van der Waals surface area contributed by atoms with Crippen molar-refractivity contribution in [3.63, 3.8) is 0 Å². The predicted molar refractivity (Wildman–Crippen MR) is 106 cm³/mol. The number of hydrogen-bond donors (Lipinski definition) is 0. The fraction of sp³-hybridized carbons (Fsp3) is 0.500. The van der Waals surface area contributed by atoms with Crippen molar-refractivity contribution in [2.75, 3.05) is 25.2 Å². The summed E-state index contributed by atoms with van der Waals surface area (Å²) in [5.74, 6) is -1.66. The van der Waals surface area contributed by atoms with Gasteiger partial charge in [-0.05, 0) is 11.6 Å². The van der Waals surface area contributed by atoms with Crippen molar-refractivity contribution >= 4 is 29.4 Å². The van der Waals surface area contributed by atoms with Gasteiger partial charge >= 0.3 is 0 Å². The van der Waals surface area contributed by atoms with E-state index in [9.17, 15) is 14.4 Å². The summed E-state index contributed by atoms with van der Waals surface area (Å²) in [6.45, 7) is 6.13. The van der Waals surface area contributed by atoms with E-state index in [4.69, 9.17) is 4.74 Å². The van der Waals surface area contributed by atoms with E-state index >= 15 is 0 Å². The first-order chi connectivity index (χ1) is 13.3. The van der Waals surface area contributed by atoms with Gasteiger partial charge in [0, 0.05) is 18.2 Å². The van der Waals surface area contributed by atoms with Crippen LogP contribution in [0, 0.1) is 17.3 Å². The van der Waals surface area contributed by atoms with Gasteiger partial charge < -0.3 is 9.64 Å². The molecule has 4 rings (SSSR count). The lowest BCUT2D eigenvalue weighted by Crippen LogP contribution is -2.51. The van der Waals surface area contributed by atoms with Gasteiger partial charge in [-0.1, -0.05) is 51.1 Å². The molecule has 0 bridgehead atoms. The van der Waals surface area contributed by atoms with Crippen LogP contribution in [-0.4, -0.2) is 54.8 Å². The number of anilines is 1. The monoisotopic (exact) mass is 382 g/mol. The second-order valence-corrected chi connectivity index (χ2v) is 8.75. The molecule has 0 spiro atoms. The predicted octanol–water partition coefficient (Wildman–Crippen LogP) is 2.13. The topological polar surface area (TPSA) is 66.9 Å². The zero-order valence-corrected chi connectivity index (χ0v) is 16.7. The number of rotatable bonds is 4.